The van der Waals surface area contributed by atoms with Crippen molar-refractivity contribution in [3.05, 3.63) is 118 Å². The van der Waals surface area contributed by atoms with Gasteiger partial charge in [-0.3, -0.25) is 0 Å². The Morgan fingerprint density at radius 1 is 0.500 bits per heavy atom. The molecular formula is C48H64Cl2Si3Zr. The summed E-state index contributed by atoms with van der Waals surface area (Å²) in [4.78, 5) is 0. The normalized spacial score (nSPS) is 17.3. The average molecular weight is 887 g/mol. The SMILES string of the molecule is CCC1=Cc2c(-c3ccc([Si](CC)(CC)CC)cc3)cccc2[CH]1[Zr]([Cl])([Cl])([CH]1C(CC)=Cc2c(-c3ccc([Si](CC)(CC)CC)cc3)cccc21)=[Si](C)C. The predicted molar refractivity (Wildman–Crippen MR) is 249 cm³/mol. The summed E-state index contributed by atoms with van der Waals surface area (Å²) >= 11 is -4.87. The Kier molecular flexibility index (Phi) is 12.8. The van der Waals surface area contributed by atoms with Crippen LogP contribution in [0, 0.1) is 0 Å². The van der Waals surface area contributed by atoms with E-state index >= 15 is 0 Å². The van der Waals surface area contributed by atoms with E-state index in [1.54, 1.807) is 10.4 Å². The van der Waals surface area contributed by atoms with Crippen molar-refractivity contribution in [2.75, 3.05) is 0 Å². The van der Waals surface area contributed by atoms with Gasteiger partial charge in [-0.05, 0) is 0 Å². The van der Waals surface area contributed by atoms with Gasteiger partial charge in [-0.2, -0.15) is 0 Å². The molecule has 0 N–H and O–H groups in total. The standard InChI is InChI=1S/2C23H29Si.C2H6Si.2ClH.Zr/c2*1-5-18-16-20-10-9-11-22(23(20)17-18)19-12-14-21(15-13-19)24(6-2,7-3)8-4;1-3-2;;;/h2*9-17H,5-8H2,1-4H3;1-2H3;2*1H;/q;;;;;+2/p-2. The van der Waals surface area contributed by atoms with E-state index in [1.807, 2.05) is 0 Å². The Morgan fingerprint density at radius 3 is 1.11 bits per heavy atom. The van der Waals surface area contributed by atoms with E-state index in [0.717, 1.165) is 12.8 Å². The maximum atomic E-state index is 8.73. The molecule has 0 radical (unpaired) electrons. The van der Waals surface area contributed by atoms with Gasteiger partial charge in [0.1, 0.15) is 0 Å². The molecule has 6 heteroatoms. The third-order valence-electron chi connectivity index (χ3n) is 14.8. The number of rotatable bonds is 14. The Balaban J connectivity index is 1.49. The molecule has 0 saturated carbocycles. The second kappa shape index (κ2) is 16.4. The summed E-state index contributed by atoms with van der Waals surface area (Å²) < 4.78 is 0.199. The summed E-state index contributed by atoms with van der Waals surface area (Å²) in [6.45, 7) is 23.9. The zero-order valence-corrected chi connectivity index (χ0v) is 41.8. The van der Waals surface area contributed by atoms with E-state index in [-0.39, 0.29) is 7.25 Å². The number of allylic oxidation sites excluding steroid dienone is 2. The second-order valence-corrected chi connectivity index (χ2v) is 65.9. The van der Waals surface area contributed by atoms with Crippen molar-refractivity contribution in [3.8, 4) is 22.3 Å². The van der Waals surface area contributed by atoms with Crippen molar-refractivity contribution in [2.24, 2.45) is 0 Å². The van der Waals surface area contributed by atoms with E-state index < -0.39 is 36.6 Å². The Morgan fingerprint density at radius 2 is 0.833 bits per heavy atom. The summed E-state index contributed by atoms with van der Waals surface area (Å²) in [5.41, 5.74) is 12.4. The summed E-state index contributed by atoms with van der Waals surface area (Å²) in [5.74, 6) is 0. The van der Waals surface area contributed by atoms with Crippen LogP contribution in [-0.2, 0) is 15.0 Å². The molecule has 2 aliphatic rings. The van der Waals surface area contributed by atoms with E-state index in [4.69, 9.17) is 17.0 Å². The monoisotopic (exact) mass is 884 g/mol. The van der Waals surface area contributed by atoms with Crippen LogP contribution in [0.15, 0.2) is 96.1 Å². The van der Waals surface area contributed by atoms with Crippen LogP contribution in [0.1, 0.15) is 97.7 Å². The van der Waals surface area contributed by atoms with Crippen LogP contribution in [-0.4, -0.2) is 21.6 Å². The minimum atomic E-state index is -4.87. The van der Waals surface area contributed by atoms with E-state index in [1.165, 1.54) is 91.9 Å². The van der Waals surface area contributed by atoms with Crippen LogP contribution in [0.25, 0.3) is 34.4 Å². The first kappa shape index (κ1) is 42.1. The molecule has 0 heterocycles. The zero-order valence-electron chi connectivity index (χ0n) is 34.8. The fourth-order valence-corrected chi connectivity index (χ4v) is 47.4. The molecule has 0 amide bonds. The first-order valence-corrected chi connectivity index (χ1v) is 41.7. The van der Waals surface area contributed by atoms with Gasteiger partial charge in [-0.25, -0.2) is 0 Å². The molecule has 0 saturated heterocycles. The second-order valence-electron chi connectivity index (χ2n) is 16.6. The van der Waals surface area contributed by atoms with Crippen LogP contribution >= 0.6 is 17.0 Å². The fourth-order valence-electron chi connectivity index (χ4n) is 10.8. The molecule has 0 fully saturated rings. The first-order chi connectivity index (χ1) is 25.9. The van der Waals surface area contributed by atoms with Crippen molar-refractivity contribution in [1.82, 2.24) is 0 Å². The number of halogens is 2. The predicted octanol–water partition coefficient (Wildman–Crippen LogP) is 15.1. The van der Waals surface area contributed by atoms with Crippen LogP contribution in [0.4, 0.5) is 0 Å². The van der Waals surface area contributed by atoms with E-state index in [9.17, 15) is 0 Å². The topological polar surface area (TPSA) is 0 Å². The van der Waals surface area contributed by atoms with Crippen molar-refractivity contribution in [2.45, 2.75) is 125 Å². The van der Waals surface area contributed by atoms with Gasteiger partial charge in [0.2, 0.25) is 0 Å². The third kappa shape index (κ3) is 6.63. The zero-order chi connectivity index (χ0) is 39.1. The summed E-state index contributed by atoms with van der Waals surface area (Å²) in [7, 11) is 14.6. The molecule has 2 atom stereocenters. The molecule has 2 unspecified atom stereocenters. The van der Waals surface area contributed by atoms with Crippen LogP contribution in [0.3, 0.4) is 0 Å². The number of benzene rings is 4. The fraction of sp³-hybridized carbons (Fsp3) is 0.417. The van der Waals surface area contributed by atoms with Crippen LogP contribution < -0.4 is 10.4 Å². The number of hydrogen-bond acceptors (Lipinski definition) is 0. The number of hydrogen-bond donors (Lipinski definition) is 0. The Hall–Kier alpha value is -1.53. The Bertz CT molecular complexity index is 1980. The molecule has 0 nitrogen and oxygen atoms in total. The molecule has 6 rings (SSSR count). The van der Waals surface area contributed by atoms with Gasteiger partial charge in [0.05, 0.1) is 0 Å². The van der Waals surface area contributed by atoms with Gasteiger partial charge in [-0.1, -0.05) is 0 Å². The third-order valence-corrected chi connectivity index (χ3v) is 72.6. The molecule has 54 heavy (non-hydrogen) atoms. The molecule has 2 aliphatic carbocycles. The van der Waals surface area contributed by atoms with Gasteiger partial charge in [0.15, 0.2) is 0 Å². The molecule has 4 aromatic carbocycles. The van der Waals surface area contributed by atoms with Gasteiger partial charge >= 0.3 is 342 Å². The first-order valence-electron chi connectivity index (χ1n) is 21.1. The van der Waals surface area contributed by atoms with E-state index in [2.05, 4.69) is 166 Å². The van der Waals surface area contributed by atoms with Crippen molar-refractivity contribution < 1.29 is 15.0 Å². The quantitative estimate of drug-likeness (QED) is 0.111. The number of fused-ring (bicyclic) bond motifs is 2. The molecular weight excluding hydrogens is 823 g/mol. The van der Waals surface area contributed by atoms with Gasteiger partial charge in [0.25, 0.3) is 0 Å². The summed E-state index contributed by atoms with van der Waals surface area (Å²) in [6, 6.07) is 41.2. The van der Waals surface area contributed by atoms with Crippen molar-refractivity contribution in [3.63, 3.8) is 0 Å². The van der Waals surface area contributed by atoms with E-state index in [0.29, 0.717) is 0 Å². The van der Waals surface area contributed by atoms with Crippen molar-refractivity contribution in [1.29, 1.82) is 0 Å². The maximum absolute atomic E-state index is 8.73. The van der Waals surface area contributed by atoms with Crippen molar-refractivity contribution >= 4 is 61.1 Å². The van der Waals surface area contributed by atoms with Crippen LogP contribution in [0.2, 0.25) is 49.4 Å². The molecule has 286 valence electrons. The van der Waals surface area contributed by atoms with Crippen LogP contribution in [0.5, 0.6) is 0 Å². The Labute approximate surface area is 338 Å². The molecule has 0 aromatic heterocycles. The average Bonchev–Trinajstić information content (AvgIpc) is 3.80. The molecule has 0 aliphatic heterocycles. The molecule has 4 aromatic rings. The summed E-state index contributed by atoms with van der Waals surface area (Å²) in [5, 5.41) is 3.20. The van der Waals surface area contributed by atoms with Gasteiger partial charge in [0, 0.05) is 0 Å². The summed E-state index contributed by atoms with van der Waals surface area (Å²) in [6.07, 6.45) is 6.93. The molecule has 0 bridgehead atoms. The minimum absolute atomic E-state index is 0.0993. The van der Waals surface area contributed by atoms with Gasteiger partial charge in [-0.15, -0.1) is 0 Å². The van der Waals surface area contributed by atoms with Gasteiger partial charge < -0.3 is 0 Å². The molecule has 0 spiro atoms.